The first kappa shape index (κ1) is 16.0. The molecule has 0 spiro atoms. The second kappa shape index (κ2) is 5.96. The summed E-state index contributed by atoms with van der Waals surface area (Å²) in [4.78, 5) is 27.0. The molecule has 0 aromatic heterocycles. The summed E-state index contributed by atoms with van der Waals surface area (Å²) in [5, 5.41) is 30.9. The number of hydrogen-bond donors (Lipinski definition) is 3. The molecule has 108 valence electrons. The molecule has 0 unspecified atom stereocenters. The van der Waals surface area contributed by atoms with Crippen molar-refractivity contribution < 1.29 is 19.7 Å². The Morgan fingerprint density at radius 3 is 2.05 bits per heavy atom. The number of rotatable bonds is 6. The van der Waals surface area contributed by atoms with Crippen molar-refractivity contribution in [2.45, 2.75) is 11.0 Å². The summed E-state index contributed by atoms with van der Waals surface area (Å²) in [6, 6.07) is 5.25. The molecule has 0 bridgehead atoms. The average molecular weight is 319 g/mol. The molecule has 0 amide bonds. The number of carboxylic acids is 1. The normalized spacial score (nSPS) is 12.5. The zero-order chi connectivity index (χ0) is 15.5. The highest BCUT2D eigenvalue weighted by Crippen LogP contribution is 2.30. The van der Waals surface area contributed by atoms with Gasteiger partial charge in [0.25, 0.3) is 6.04 Å². The number of thiol groups is 2. The van der Waals surface area contributed by atoms with E-state index in [0.717, 1.165) is 0 Å². The molecule has 20 heavy (non-hydrogen) atoms. The number of benzene rings is 1. The van der Waals surface area contributed by atoms with Crippen LogP contribution < -0.4 is 4.31 Å². The summed E-state index contributed by atoms with van der Waals surface area (Å²) in [6.45, 7) is 0. The molecule has 0 aliphatic carbocycles. The Balaban J connectivity index is 3.34. The first-order valence-corrected chi connectivity index (χ1v) is 5.85. The number of carbonyl (C=O) groups is 1. The van der Waals surface area contributed by atoms with Gasteiger partial charge in [0.05, 0.1) is 0 Å². The Labute approximate surface area is 123 Å². The Hall–Kier alpha value is -2.01. The van der Waals surface area contributed by atoms with E-state index in [9.17, 15) is 25.0 Å². The fourth-order valence-corrected chi connectivity index (χ4v) is 2.14. The summed E-state index contributed by atoms with van der Waals surface area (Å²) in [5.41, 5.74) is 0.144. The first-order valence-electron chi connectivity index (χ1n) is 5.00. The minimum Gasteiger partial charge on any atom is -0.479 e. The van der Waals surface area contributed by atoms with E-state index < -0.39 is 26.9 Å². The van der Waals surface area contributed by atoms with E-state index in [0.29, 0.717) is 4.31 Å². The van der Waals surface area contributed by atoms with Crippen LogP contribution in [0.2, 0.25) is 0 Å². The second-order valence-electron chi connectivity index (χ2n) is 3.62. The predicted octanol–water partition coefficient (Wildman–Crippen LogP) is 0.928. The average Bonchev–Trinajstić information content (AvgIpc) is 2.38. The van der Waals surface area contributed by atoms with E-state index in [1.807, 2.05) is 0 Å². The lowest BCUT2D eigenvalue weighted by molar-refractivity contribution is -0.761. The maximum atomic E-state index is 11.2. The van der Waals surface area contributed by atoms with Crippen molar-refractivity contribution in [3.8, 4) is 0 Å². The van der Waals surface area contributed by atoms with Crippen LogP contribution in [0.5, 0.6) is 0 Å². The SMILES string of the molecule is O=C(O)[C@@H](N(S)c1ccccc1)C(S)([N+](=O)[O-])[N+](=O)[O-]. The predicted molar refractivity (Wildman–Crippen MR) is 75.0 cm³/mol. The van der Waals surface area contributed by atoms with Gasteiger partial charge in [-0.1, -0.05) is 31.0 Å². The van der Waals surface area contributed by atoms with Gasteiger partial charge >= 0.3 is 11.0 Å². The lowest BCUT2D eigenvalue weighted by Crippen LogP contribution is -2.60. The van der Waals surface area contributed by atoms with Crippen LogP contribution in [0.3, 0.4) is 0 Å². The van der Waals surface area contributed by atoms with Gasteiger partial charge < -0.3 is 5.11 Å². The molecular formula is C9H9N3O6S2. The van der Waals surface area contributed by atoms with Crippen LogP contribution in [0.4, 0.5) is 5.69 Å². The van der Waals surface area contributed by atoms with Gasteiger partial charge in [-0.3, -0.25) is 24.5 Å². The largest absolute Gasteiger partial charge is 0.534 e. The molecule has 11 heteroatoms. The third-order valence-corrected chi connectivity index (χ3v) is 3.44. The van der Waals surface area contributed by atoms with Crippen molar-refractivity contribution in [2.24, 2.45) is 0 Å². The van der Waals surface area contributed by atoms with Gasteiger partial charge in [-0.05, 0) is 24.8 Å². The summed E-state index contributed by atoms with van der Waals surface area (Å²) in [5.74, 6) is -1.80. The molecule has 0 radical (unpaired) electrons. The molecule has 1 N–H and O–H groups in total. The number of carboxylic acid groups (broad SMARTS) is 1. The topological polar surface area (TPSA) is 127 Å². The lowest BCUT2D eigenvalue weighted by Gasteiger charge is -2.27. The number of aliphatic carboxylic acids is 1. The molecule has 0 saturated heterocycles. The Morgan fingerprint density at radius 2 is 1.70 bits per heavy atom. The van der Waals surface area contributed by atoms with Crippen molar-refractivity contribution in [3.05, 3.63) is 50.6 Å². The van der Waals surface area contributed by atoms with Crippen molar-refractivity contribution in [1.29, 1.82) is 0 Å². The highest BCUT2D eigenvalue weighted by molar-refractivity contribution is 7.82. The van der Waals surface area contributed by atoms with E-state index in [4.69, 9.17) is 5.11 Å². The van der Waals surface area contributed by atoms with Gasteiger partial charge in [0, 0.05) is 5.69 Å². The van der Waals surface area contributed by atoms with Crippen molar-refractivity contribution in [3.63, 3.8) is 0 Å². The van der Waals surface area contributed by atoms with Crippen LogP contribution in [-0.2, 0) is 4.79 Å². The zero-order valence-electron chi connectivity index (χ0n) is 9.69. The van der Waals surface area contributed by atoms with Gasteiger partial charge in [0.1, 0.15) is 9.85 Å². The molecule has 0 heterocycles. The monoisotopic (exact) mass is 319 g/mol. The standard InChI is InChI=1S/C9H9N3O6S2/c13-8(14)7(9(19,11(15)16)12(17)18)10(20)6-4-2-1-3-5-6/h1-5,7,19-20H,(H,13,14)/t7-/m1/s1. The highest BCUT2D eigenvalue weighted by Gasteiger charge is 2.66. The lowest BCUT2D eigenvalue weighted by atomic mass is 10.2. The number of para-hydroxylation sites is 1. The van der Waals surface area contributed by atoms with Crippen molar-refractivity contribution in [1.82, 2.24) is 0 Å². The fraction of sp³-hybridized carbons (Fsp3) is 0.222. The van der Waals surface area contributed by atoms with Crippen LogP contribution in [0.25, 0.3) is 0 Å². The molecule has 1 rings (SSSR count). The van der Waals surface area contributed by atoms with Crippen LogP contribution in [0.1, 0.15) is 0 Å². The van der Waals surface area contributed by atoms with E-state index in [1.165, 1.54) is 24.3 Å². The van der Waals surface area contributed by atoms with Gasteiger partial charge in [0.2, 0.25) is 0 Å². The van der Waals surface area contributed by atoms with Crippen molar-refractivity contribution >= 4 is 37.1 Å². The zero-order valence-corrected chi connectivity index (χ0v) is 11.5. The first-order chi connectivity index (χ1) is 9.22. The highest BCUT2D eigenvalue weighted by atomic mass is 32.1. The van der Waals surface area contributed by atoms with Crippen LogP contribution >= 0.6 is 25.4 Å². The summed E-state index contributed by atoms with van der Waals surface area (Å²) >= 11 is 7.19. The molecule has 1 aromatic rings. The molecule has 0 saturated carbocycles. The van der Waals surface area contributed by atoms with Crippen LogP contribution in [-0.4, -0.2) is 32.0 Å². The third-order valence-electron chi connectivity index (χ3n) is 2.40. The summed E-state index contributed by atoms with van der Waals surface area (Å²) < 4.78 is 0.626. The minimum absolute atomic E-state index is 0.144. The van der Waals surface area contributed by atoms with E-state index >= 15 is 0 Å². The van der Waals surface area contributed by atoms with E-state index in [1.54, 1.807) is 6.07 Å². The minimum atomic E-state index is -3.25. The molecule has 0 aliphatic rings. The second-order valence-corrected chi connectivity index (χ2v) is 4.71. The maximum Gasteiger partial charge on any atom is 0.534 e. The molecule has 0 aliphatic heterocycles. The van der Waals surface area contributed by atoms with Gasteiger partial charge in [0.15, 0.2) is 0 Å². The van der Waals surface area contributed by atoms with Crippen LogP contribution in [0, 0.1) is 20.2 Å². The third kappa shape index (κ3) is 2.77. The molecule has 0 fully saturated rings. The fourth-order valence-electron chi connectivity index (χ4n) is 1.43. The Kier molecular flexibility index (Phi) is 4.78. The molecule has 1 atom stereocenters. The van der Waals surface area contributed by atoms with Crippen LogP contribution in [0.15, 0.2) is 30.3 Å². The Bertz CT molecular complexity index is 526. The summed E-state index contributed by atoms with van der Waals surface area (Å²) in [6.07, 6.45) is 0. The van der Waals surface area contributed by atoms with Gasteiger partial charge in [-0.25, -0.2) is 4.79 Å². The van der Waals surface area contributed by atoms with E-state index in [2.05, 4.69) is 25.4 Å². The molecule has 9 nitrogen and oxygen atoms in total. The molecule has 1 aromatic carbocycles. The smallest absolute Gasteiger partial charge is 0.479 e. The Morgan fingerprint density at radius 1 is 1.25 bits per heavy atom. The number of nitro groups is 2. The molecular weight excluding hydrogens is 310 g/mol. The quantitative estimate of drug-likeness (QED) is 0.308. The van der Waals surface area contributed by atoms with Gasteiger partial charge in [-0.2, -0.15) is 0 Å². The van der Waals surface area contributed by atoms with E-state index in [-0.39, 0.29) is 5.69 Å². The van der Waals surface area contributed by atoms with Gasteiger partial charge in [-0.15, -0.1) is 0 Å². The number of anilines is 1. The summed E-state index contributed by atoms with van der Waals surface area (Å²) in [7, 11) is 0. The number of nitrogens with zero attached hydrogens (tertiary/aromatic N) is 3. The van der Waals surface area contributed by atoms with Crippen molar-refractivity contribution in [2.75, 3.05) is 4.31 Å². The number of hydrogen-bond acceptors (Lipinski definition) is 8. The maximum absolute atomic E-state index is 11.2.